The summed E-state index contributed by atoms with van der Waals surface area (Å²) in [5.41, 5.74) is 1.26. The Kier molecular flexibility index (Phi) is 10.1. The Balaban J connectivity index is 2.34. The molecule has 8 heteroatoms. The van der Waals surface area contributed by atoms with E-state index in [-0.39, 0.29) is 5.97 Å². The van der Waals surface area contributed by atoms with Gasteiger partial charge in [0.1, 0.15) is 11.3 Å². The first-order valence-electron chi connectivity index (χ1n) is 8.35. The quantitative estimate of drug-likeness (QED) is 0.362. The number of thiocarbonyl (C=S) groups is 1. The van der Waals surface area contributed by atoms with Gasteiger partial charge in [0.2, 0.25) is 0 Å². The highest BCUT2D eigenvalue weighted by Crippen LogP contribution is 2.20. The molecule has 0 bridgehead atoms. The van der Waals surface area contributed by atoms with Gasteiger partial charge in [0.15, 0.2) is 5.11 Å². The molecular formula is C18H26N2O5S. The fourth-order valence-corrected chi connectivity index (χ4v) is 2.43. The molecule has 144 valence electrons. The number of rotatable bonds is 10. The van der Waals surface area contributed by atoms with E-state index in [2.05, 4.69) is 15.4 Å². The van der Waals surface area contributed by atoms with Crippen LogP contribution in [0.1, 0.15) is 41.6 Å². The molecule has 7 nitrogen and oxygen atoms in total. The van der Waals surface area contributed by atoms with Crippen LogP contribution in [-0.4, -0.2) is 44.9 Å². The number of hydrogen-bond acceptors (Lipinski definition) is 6. The predicted octanol–water partition coefficient (Wildman–Crippen LogP) is 2.18. The fourth-order valence-electron chi connectivity index (χ4n) is 2.25. The summed E-state index contributed by atoms with van der Waals surface area (Å²) in [6.07, 6.45) is 3.08. The van der Waals surface area contributed by atoms with Crippen molar-refractivity contribution in [1.82, 2.24) is 10.6 Å². The molecule has 0 heterocycles. The molecule has 0 spiro atoms. The third kappa shape index (κ3) is 7.69. The molecule has 0 saturated carbocycles. The highest BCUT2D eigenvalue weighted by molar-refractivity contribution is 7.80. The summed E-state index contributed by atoms with van der Waals surface area (Å²) in [5, 5.41) is 6.74. The van der Waals surface area contributed by atoms with Crippen molar-refractivity contribution in [3.05, 3.63) is 29.3 Å². The van der Waals surface area contributed by atoms with Crippen molar-refractivity contribution in [2.45, 2.75) is 32.2 Å². The summed E-state index contributed by atoms with van der Waals surface area (Å²) in [6, 6.07) is 5.29. The van der Waals surface area contributed by atoms with Crippen molar-refractivity contribution < 1.29 is 23.8 Å². The highest BCUT2D eigenvalue weighted by atomic mass is 32.1. The summed E-state index contributed by atoms with van der Waals surface area (Å²) < 4.78 is 14.5. The van der Waals surface area contributed by atoms with Crippen LogP contribution >= 0.6 is 12.2 Å². The molecule has 0 radical (unpaired) electrons. The molecule has 1 aromatic rings. The summed E-state index contributed by atoms with van der Waals surface area (Å²) in [5.74, 6) is -0.162. The Morgan fingerprint density at radius 3 is 2.46 bits per heavy atom. The third-order valence-electron chi connectivity index (χ3n) is 3.69. The van der Waals surface area contributed by atoms with Gasteiger partial charge in [0, 0.05) is 19.5 Å². The number of benzene rings is 1. The van der Waals surface area contributed by atoms with Crippen LogP contribution in [0.4, 0.5) is 0 Å². The lowest BCUT2D eigenvalue weighted by Crippen LogP contribution is -2.35. The minimum Gasteiger partial charge on any atom is -0.496 e. The zero-order valence-electron chi connectivity index (χ0n) is 15.4. The van der Waals surface area contributed by atoms with E-state index >= 15 is 0 Å². The molecule has 1 rings (SSSR count). The SMILES string of the molecule is COC(=O)CCCCCNC(=S)NCc1ccc(OC)c(C(=O)OC)c1. The Morgan fingerprint density at radius 2 is 1.81 bits per heavy atom. The monoisotopic (exact) mass is 382 g/mol. The van der Waals surface area contributed by atoms with Gasteiger partial charge in [-0.3, -0.25) is 4.79 Å². The average molecular weight is 382 g/mol. The topological polar surface area (TPSA) is 85.9 Å². The van der Waals surface area contributed by atoms with E-state index in [1.807, 2.05) is 6.07 Å². The van der Waals surface area contributed by atoms with E-state index in [1.54, 1.807) is 12.1 Å². The Bertz CT molecular complexity index is 622. The maximum Gasteiger partial charge on any atom is 0.341 e. The fraction of sp³-hybridized carbons (Fsp3) is 0.500. The Hall–Kier alpha value is -2.35. The number of ether oxygens (including phenoxy) is 3. The van der Waals surface area contributed by atoms with Crippen LogP contribution in [0.5, 0.6) is 5.75 Å². The molecule has 0 aliphatic rings. The van der Waals surface area contributed by atoms with Gasteiger partial charge in [-0.25, -0.2) is 4.79 Å². The van der Waals surface area contributed by atoms with Gasteiger partial charge in [0.25, 0.3) is 0 Å². The van der Waals surface area contributed by atoms with Crippen LogP contribution in [-0.2, 0) is 20.8 Å². The number of hydrogen-bond donors (Lipinski definition) is 2. The number of esters is 2. The largest absolute Gasteiger partial charge is 0.496 e. The number of unbranched alkanes of at least 4 members (excludes halogenated alkanes) is 2. The molecule has 0 amide bonds. The molecule has 1 aromatic carbocycles. The lowest BCUT2D eigenvalue weighted by Gasteiger charge is -2.12. The van der Waals surface area contributed by atoms with Gasteiger partial charge >= 0.3 is 11.9 Å². The van der Waals surface area contributed by atoms with E-state index in [0.717, 1.165) is 31.4 Å². The zero-order chi connectivity index (χ0) is 19.4. The minimum atomic E-state index is -0.448. The summed E-state index contributed by atoms with van der Waals surface area (Å²) in [6.45, 7) is 1.20. The first-order valence-corrected chi connectivity index (χ1v) is 8.76. The minimum absolute atomic E-state index is 0.180. The van der Waals surface area contributed by atoms with Crippen LogP contribution in [0.2, 0.25) is 0 Å². The van der Waals surface area contributed by atoms with Crippen LogP contribution in [0.15, 0.2) is 18.2 Å². The summed E-state index contributed by atoms with van der Waals surface area (Å²) in [4.78, 5) is 22.8. The Morgan fingerprint density at radius 1 is 1.04 bits per heavy atom. The lowest BCUT2D eigenvalue weighted by molar-refractivity contribution is -0.140. The smallest absolute Gasteiger partial charge is 0.341 e. The van der Waals surface area contributed by atoms with Crippen molar-refractivity contribution in [3.63, 3.8) is 0 Å². The molecule has 0 aliphatic carbocycles. The van der Waals surface area contributed by atoms with Gasteiger partial charge < -0.3 is 24.8 Å². The maximum atomic E-state index is 11.8. The predicted molar refractivity (Wildman–Crippen MR) is 102 cm³/mol. The van der Waals surface area contributed by atoms with E-state index in [9.17, 15) is 9.59 Å². The lowest BCUT2D eigenvalue weighted by atomic mass is 10.1. The van der Waals surface area contributed by atoms with Crippen molar-refractivity contribution >= 4 is 29.3 Å². The average Bonchev–Trinajstić information content (AvgIpc) is 2.67. The van der Waals surface area contributed by atoms with Crippen molar-refractivity contribution in [3.8, 4) is 5.75 Å². The maximum absolute atomic E-state index is 11.8. The van der Waals surface area contributed by atoms with Crippen molar-refractivity contribution in [2.75, 3.05) is 27.9 Å². The highest BCUT2D eigenvalue weighted by Gasteiger charge is 2.13. The molecular weight excluding hydrogens is 356 g/mol. The van der Waals surface area contributed by atoms with Crippen molar-refractivity contribution in [2.24, 2.45) is 0 Å². The molecule has 0 saturated heterocycles. The van der Waals surface area contributed by atoms with Crippen LogP contribution < -0.4 is 15.4 Å². The van der Waals surface area contributed by atoms with Crippen molar-refractivity contribution in [1.29, 1.82) is 0 Å². The summed E-state index contributed by atoms with van der Waals surface area (Å²) >= 11 is 5.23. The van der Waals surface area contributed by atoms with Crippen LogP contribution in [0.3, 0.4) is 0 Å². The second kappa shape index (κ2) is 12.1. The number of methoxy groups -OCH3 is 3. The van der Waals surface area contributed by atoms with E-state index in [0.29, 0.717) is 29.4 Å². The second-order valence-corrected chi connectivity index (χ2v) is 5.93. The first kappa shape index (κ1) is 21.7. The normalized spacial score (nSPS) is 9.96. The molecule has 0 aromatic heterocycles. The Labute approximate surface area is 159 Å². The van der Waals surface area contributed by atoms with E-state index in [1.165, 1.54) is 21.3 Å². The molecule has 0 fully saturated rings. The van der Waals surface area contributed by atoms with Gasteiger partial charge in [-0.2, -0.15) is 0 Å². The van der Waals surface area contributed by atoms with Gasteiger partial charge in [-0.1, -0.05) is 12.5 Å². The van der Waals surface area contributed by atoms with Crippen LogP contribution in [0.25, 0.3) is 0 Å². The molecule has 26 heavy (non-hydrogen) atoms. The number of carbonyl (C=O) groups excluding carboxylic acids is 2. The summed E-state index contributed by atoms with van der Waals surface area (Å²) in [7, 11) is 4.23. The van der Waals surface area contributed by atoms with E-state index < -0.39 is 5.97 Å². The standard InChI is InChI=1S/C18H26N2O5S/c1-23-15-9-8-13(11-14(15)17(22)25-3)12-20-18(26)19-10-6-4-5-7-16(21)24-2/h8-9,11H,4-7,10,12H2,1-3H3,(H2,19,20,26). The number of carbonyl (C=O) groups is 2. The van der Waals surface area contributed by atoms with Gasteiger partial charge in [0.05, 0.1) is 21.3 Å². The van der Waals surface area contributed by atoms with E-state index in [4.69, 9.17) is 21.7 Å². The zero-order valence-corrected chi connectivity index (χ0v) is 16.2. The van der Waals surface area contributed by atoms with Gasteiger partial charge in [-0.05, 0) is 42.8 Å². The van der Waals surface area contributed by atoms with Crippen LogP contribution in [0, 0.1) is 0 Å². The van der Waals surface area contributed by atoms with Gasteiger partial charge in [-0.15, -0.1) is 0 Å². The third-order valence-corrected chi connectivity index (χ3v) is 3.98. The number of nitrogens with one attached hydrogen (secondary N) is 2. The molecule has 0 unspecified atom stereocenters. The molecule has 0 aliphatic heterocycles. The second-order valence-electron chi connectivity index (χ2n) is 5.52. The first-order chi connectivity index (χ1) is 12.5. The molecule has 0 atom stereocenters. The molecule has 2 N–H and O–H groups in total.